The molecule has 5 rings (SSSR count). The number of aromatic nitrogens is 1. The van der Waals surface area contributed by atoms with E-state index in [2.05, 4.69) is 27.8 Å². The monoisotopic (exact) mass is 531 g/mol. The molecule has 2 aliphatic rings. The van der Waals surface area contributed by atoms with Crippen LogP contribution in [0.15, 0.2) is 60.8 Å². The van der Waals surface area contributed by atoms with Crippen molar-refractivity contribution in [2.24, 2.45) is 11.7 Å². The molecule has 0 saturated carbocycles. The first kappa shape index (κ1) is 26.6. The van der Waals surface area contributed by atoms with Crippen LogP contribution in [-0.4, -0.2) is 48.0 Å². The molecule has 0 spiro atoms. The summed E-state index contributed by atoms with van der Waals surface area (Å²) in [4.78, 5) is 31.1. The van der Waals surface area contributed by atoms with Gasteiger partial charge in [-0.1, -0.05) is 30.3 Å². The zero-order valence-electron chi connectivity index (χ0n) is 21.9. The lowest BCUT2D eigenvalue weighted by atomic mass is 9.88. The number of carbonyl (C=O) groups is 2. The van der Waals surface area contributed by atoms with Crippen molar-refractivity contribution >= 4 is 29.0 Å². The Morgan fingerprint density at radius 1 is 1.03 bits per heavy atom. The van der Waals surface area contributed by atoms with Crippen molar-refractivity contribution in [1.82, 2.24) is 9.88 Å². The third-order valence-corrected chi connectivity index (χ3v) is 7.63. The van der Waals surface area contributed by atoms with Crippen LogP contribution in [0.5, 0.6) is 0 Å². The molecule has 2 fully saturated rings. The number of ether oxygens (including phenoxy) is 1. The standard InChI is InChI=1S/C30H34FN5O3/c31-26-4-2-1-3-23(26)18-33-27-17-28(34-19-25(27)29(32)37)35-24-7-5-20(6-8-24)21-9-13-36(14-10-21)30(38)22-11-15-39-16-12-22/h1-8,17,19,21-22H,9-16,18H2,(H2,32,37)(H2,33,34,35). The number of carbonyl (C=O) groups excluding carboxylic acids is 2. The fourth-order valence-corrected chi connectivity index (χ4v) is 5.32. The molecule has 2 saturated heterocycles. The number of halogens is 1. The third kappa shape index (κ3) is 6.54. The smallest absolute Gasteiger partial charge is 0.252 e. The average molecular weight is 532 g/mol. The number of amides is 2. The van der Waals surface area contributed by atoms with Gasteiger partial charge in [0.05, 0.1) is 11.3 Å². The summed E-state index contributed by atoms with van der Waals surface area (Å²) < 4.78 is 19.4. The molecule has 4 N–H and O–H groups in total. The number of piperidine rings is 1. The summed E-state index contributed by atoms with van der Waals surface area (Å²) in [7, 11) is 0. The van der Waals surface area contributed by atoms with Crippen LogP contribution in [0.2, 0.25) is 0 Å². The Labute approximate surface area is 227 Å². The van der Waals surface area contributed by atoms with Crippen LogP contribution < -0.4 is 16.4 Å². The van der Waals surface area contributed by atoms with E-state index in [-0.39, 0.29) is 29.8 Å². The van der Waals surface area contributed by atoms with E-state index in [0.29, 0.717) is 36.2 Å². The SMILES string of the molecule is NC(=O)c1cnc(Nc2ccc(C3CCN(C(=O)C4CCOCC4)CC3)cc2)cc1NCc1ccccc1F. The van der Waals surface area contributed by atoms with Crippen molar-refractivity contribution in [2.45, 2.75) is 38.1 Å². The molecule has 1 aromatic heterocycles. The van der Waals surface area contributed by atoms with Gasteiger partial charge < -0.3 is 26.0 Å². The number of nitrogens with zero attached hydrogens (tertiary/aromatic N) is 2. The molecular weight excluding hydrogens is 497 g/mol. The van der Waals surface area contributed by atoms with Crippen LogP contribution in [0.4, 0.5) is 21.6 Å². The summed E-state index contributed by atoms with van der Waals surface area (Å²) in [5.74, 6) is 0.406. The molecule has 0 bridgehead atoms. The highest BCUT2D eigenvalue weighted by molar-refractivity contribution is 5.98. The molecule has 39 heavy (non-hydrogen) atoms. The molecule has 9 heteroatoms. The van der Waals surface area contributed by atoms with E-state index in [1.54, 1.807) is 24.3 Å². The van der Waals surface area contributed by atoms with Gasteiger partial charge in [0.2, 0.25) is 5.91 Å². The van der Waals surface area contributed by atoms with E-state index in [1.807, 2.05) is 17.0 Å². The second-order valence-corrected chi connectivity index (χ2v) is 10.2. The van der Waals surface area contributed by atoms with Gasteiger partial charge >= 0.3 is 0 Å². The Hall–Kier alpha value is -3.98. The molecule has 0 atom stereocenters. The van der Waals surface area contributed by atoms with Gasteiger partial charge in [0.25, 0.3) is 5.91 Å². The first-order chi connectivity index (χ1) is 19.0. The van der Waals surface area contributed by atoms with Crippen LogP contribution in [0.25, 0.3) is 0 Å². The zero-order chi connectivity index (χ0) is 27.2. The first-order valence-corrected chi connectivity index (χ1v) is 13.5. The Morgan fingerprint density at radius 2 is 1.74 bits per heavy atom. The van der Waals surface area contributed by atoms with Crippen molar-refractivity contribution < 1.29 is 18.7 Å². The summed E-state index contributed by atoms with van der Waals surface area (Å²) in [5, 5.41) is 6.38. The van der Waals surface area contributed by atoms with Gasteiger partial charge in [-0.15, -0.1) is 0 Å². The van der Waals surface area contributed by atoms with Crippen LogP contribution >= 0.6 is 0 Å². The molecule has 204 valence electrons. The maximum absolute atomic E-state index is 14.0. The molecule has 2 aromatic carbocycles. The lowest BCUT2D eigenvalue weighted by molar-refractivity contribution is -0.139. The fourth-order valence-electron chi connectivity index (χ4n) is 5.32. The number of likely N-dealkylation sites (tertiary alicyclic amines) is 1. The van der Waals surface area contributed by atoms with Gasteiger partial charge in [-0.3, -0.25) is 9.59 Å². The minimum Gasteiger partial charge on any atom is -0.381 e. The molecule has 2 amide bonds. The largest absolute Gasteiger partial charge is 0.381 e. The topological polar surface area (TPSA) is 110 Å². The number of benzene rings is 2. The maximum atomic E-state index is 14.0. The quantitative estimate of drug-likeness (QED) is 0.385. The van der Waals surface area contributed by atoms with Gasteiger partial charge in [-0.25, -0.2) is 9.37 Å². The Bertz CT molecular complexity index is 1300. The number of hydrogen-bond acceptors (Lipinski definition) is 6. The zero-order valence-corrected chi connectivity index (χ0v) is 21.9. The minimum atomic E-state index is -0.616. The van der Waals surface area contributed by atoms with E-state index in [0.717, 1.165) is 44.5 Å². The van der Waals surface area contributed by atoms with Crippen molar-refractivity contribution in [1.29, 1.82) is 0 Å². The number of nitrogens with two attached hydrogens (primary N) is 1. The van der Waals surface area contributed by atoms with Crippen LogP contribution in [-0.2, 0) is 16.1 Å². The highest BCUT2D eigenvalue weighted by Crippen LogP contribution is 2.31. The second kappa shape index (κ2) is 12.3. The number of hydrogen-bond donors (Lipinski definition) is 3. The highest BCUT2D eigenvalue weighted by atomic mass is 19.1. The van der Waals surface area contributed by atoms with Gasteiger partial charge in [0.15, 0.2) is 0 Å². The fraction of sp³-hybridized carbons (Fsp3) is 0.367. The molecule has 0 radical (unpaired) electrons. The molecule has 3 aromatic rings. The Kier molecular flexibility index (Phi) is 8.36. The normalized spacial score (nSPS) is 16.6. The van der Waals surface area contributed by atoms with Crippen molar-refractivity contribution in [3.8, 4) is 0 Å². The number of anilines is 3. The predicted octanol–water partition coefficient (Wildman–Crippen LogP) is 4.81. The summed E-state index contributed by atoms with van der Waals surface area (Å²) in [5.41, 5.74) is 8.82. The van der Waals surface area contributed by atoms with E-state index in [4.69, 9.17) is 10.5 Å². The van der Waals surface area contributed by atoms with Crippen LogP contribution in [0, 0.1) is 11.7 Å². The van der Waals surface area contributed by atoms with E-state index in [1.165, 1.54) is 17.8 Å². The van der Waals surface area contributed by atoms with E-state index < -0.39 is 5.91 Å². The van der Waals surface area contributed by atoms with Crippen molar-refractivity contribution in [3.05, 3.63) is 83.3 Å². The molecule has 2 aliphatic heterocycles. The van der Waals surface area contributed by atoms with Crippen molar-refractivity contribution in [3.63, 3.8) is 0 Å². The molecule has 0 aliphatic carbocycles. The van der Waals surface area contributed by atoms with E-state index >= 15 is 0 Å². The van der Waals surface area contributed by atoms with Crippen molar-refractivity contribution in [2.75, 3.05) is 36.9 Å². The average Bonchev–Trinajstić information content (AvgIpc) is 2.97. The van der Waals surface area contributed by atoms with Crippen LogP contribution in [0.3, 0.4) is 0 Å². The van der Waals surface area contributed by atoms with E-state index in [9.17, 15) is 14.0 Å². The van der Waals surface area contributed by atoms with Crippen LogP contribution in [0.1, 0.15) is 53.1 Å². The number of rotatable bonds is 8. The van der Waals surface area contributed by atoms with Gasteiger partial charge in [-0.2, -0.15) is 0 Å². The van der Waals surface area contributed by atoms with Gasteiger partial charge in [0, 0.05) is 62.3 Å². The Morgan fingerprint density at radius 3 is 2.44 bits per heavy atom. The molecule has 8 nitrogen and oxygen atoms in total. The second-order valence-electron chi connectivity index (χ2n) is 10.2. The van der Waals surface area contributed by atoms with Gasteiger partial charge in [0.1, 0.15) is 11.6 Å². The molecular formula is C30H34FN5O3. The lowest BCUT2D eigenvalue weighted by Gasteiger charge is -2.35. The van der Waals surface area contributed by atoms with Gasteiger partial charge in [-0.05, 0) is 55.4 Å². The summed E-state index contributed by atoms with van der Waals surface area (Å²) >= 11 is 0. The summed E-state index contributed by atoms with van der Waals surface area (Å²) in [6.07, 6.45) is 4.98. The molecule has 0 unspecified atom stereocenters. The maximum Gasteiger partial charge on any atom is 0.252 e. The summed E-state index contributed by atoms with van der Waals surface area (Å²) in [6, 6.07) is 16.4. The number of pyridine rings is 1. The third-order valence-electron chi connectivity index (χ3n) is 7.63. The first-order valence-electron chi connectivity index (χ1n) is 13.5. The minimum absolute atomic E-state index is 0.113. The summed E-state index contributed by atoms with van der Waals surface area (Å²) in [6.45, 7) is 3.15. The molecule has 3 heterocycles. The Balaban J connectivity index is 1.19. The number of nitrogens with one attached hydrogen (secondary N) is 2. The predicted molar refractivity (Wildman–Crippen MR) is 148 cm³/mol. The number of primary amides is 1. The highest BCUT2D eigenvalue weighted by Gasteiger charge is 2.29. The lowest BCUT2D eigenvalue weighted by Crippen LogP contribution is -2.42.